The summed E-state index contributed by atoms with van der Waals surface area (Å²) in [6.45, 7) is 2.63. The molecule has 0 fully saturated rings. The third-order valence-electron chi connectivity index (χ3n) is 3.04. The second kappa shape index (κ2) is 7.59. The minimum absolute atomic E-state index is 0.118. The summed E-state index contributed by atoms with van der Waals surface area (Å²) in [7, 11) is -1.49. The molecule has 0 bridgehead atoms. The van der Waals surface area contributed by atoms with E-state index in [0.29, 0.717) is 30.7 Å². The zero-order valence-corrected chi connectivity index (χ0v) is 13.0. The average molecular weight is 303 g/mol. The first-order valence-corrected chi connectivity index (χ1v) is 8.68. The fraction of sp³-hybridized carbons (Fsp3) is 0.571. The van der Waals surface area contributed by atoms with Crippen molar-refractivity contribution in [2.24, 2.45) is 0 Å². The van der Waals surface area contributed by atoms with Crippen LogP contribution in [0.25, 0.3) is 0 Å². The van der Waals surface area contributed by atoms with Crippen molar-refractivity contribution in [3.63, 3.8) is 0 Å². The van der Waals surface area contributed by atoms with Crippen molar-refractivity contribution in [3.05, 3.63) is 29.6 Å². The van der Waals surface area contributed by atoms with E-state index in [9.17, 15) is 12.8 Å². The van der Waals surface area contributed by atoms with Gasteiger partial charge in [-0.3, -0.25) is 0 Å². The number of halogens is 1. The highest BCUT2D eigenvalue weighted by atomic mass is 32.2. The van der Waals surface area contributed by atoms with Crippen LogP contribution >= 0.6 is 0 Å². The highest BCUT2D eigenvalue weighted by molar-refractivity contribution is 7.90. The second-order valence-electron chi connectivity index (χ2n) is 4.77. The molecule has 0 aliphatic carbocycles. The van der Waals surface area contributed by atoms with E-state index >= 15 is 0 Å². The average Bonchev–Trinajstić information content (AvgIpc) is 2.36. The van der Waals surface area contributed by atoms with Gasteiger partial charge in [0.2, 0.25) is 0 Å². The highest BCUT2D eigenvalue weighted by Gasteiger charge is 2.16. The Labute approximate surface area is 120 Å². The van der Waals surface area contributed by atoms with Gasteiger partial charge in [-0.15, -0.1) is 0 Å². The molecule has 0 aromatic heterocycles. The first-order valence-electron chi connectivity index (χ1n) is 6.62. The quantitative estimate of drug-likeness (QED) is 0.800. The van der Waals surface area contributed by atoms with Crippen molar-refractivity contribution in [2.45, 2.75) is 25.8 Å². The Morgan fingerprint density at radius 3 is 2.60 bits per heavy atom. The van der Waals surface area contributed by atoms with Crippen LogP contribution in [0.5, 0.6) is 5.75 Å². The van der Waals surface area contributed by atoms with Gasteiger partial charge >= 0.3 is 0 Å². The Morgan fingerprint density at radius 2 is 2.10 bits per heavy atom. The van der Waals surface area contributed by atoms with Gasteiger partial charge in [0.1, 0.15) is 21.4 Å². The Hall–Kier alpha value is -1.14. The maximum atomic E-state index is 14.0. The molecule has 0 aliphatic rings. The van der Waals surface area contributed by atoms with Gasteiger partial charge < -0.3 is 10.1 Å². The molecule has 0 heterocycles. The van der Waals surface area contributed by atoms with Crippen molar-refractivity contribution >= 4 is 9.84 Å². The number of hydrogen-bond acceptors (Lipinski definition) is 4. The van der Waals surface area contributed by atoms with E-state index in [1.807, 2.05) is 6.92 Å². The van der Waals surface area contributed by atoms with E-state index < -0.39 is 9.84 Å². The molecule has 0 amide bonds. The maximum Gasteiger partial charge on any atom is 0.147 e. The minimum atomic E-state index is -2.98. The normalized spacial score (nSPS) is 13.2. The Morgan fingerprint density at radius 1 is 1.40 bits per heavy atom. The van der Waals surface area contributed by atoms with Crippen LogP contribution in [0.4, 0.5) is 4.39 Å². The van der Waals surface area contributed by atoms with Crippen LogP contribution in [-0.4, -0.2) is 34.1 Å². The van der Waals surface area contributed by atoms with Crippen LogP contribution in [0.3, 0.4) is 0 Å². The molecular formula is C14H22FNO3S. The fourth-order valence-electron chi connectivity index (χ4n) is 2.08. The van der Waals surface area contributed by atoms with Gasteiger partial charge in [-0.05, 0) is 25.5 Å². The summed E-state index contributed by atoms with van der Waals surface area (Å²) in [6, 6.07) is 4.55. The number of benzene rings is 1. The Kier molecular flexibility index (Phi) is 6.42. The molecular weight excluding hydrogens is 281 g/mol. The first kappa shape index (κ1) is 16.9. The summed E-state index contributed by atoms with van der Waals surface area (Å²) < 4.78 is 41.3. The molecule has 1 rings (SSSR count). The topological polar surface area (TPSA) is 55.4 Å². The first-order chi connectivity index (χ1) is 9.37. The summed E-state index contributed by atoms with van der Waals surface area (Å²) >= 11 is 0. The lowest BCUT2D eigenvalue weighted by molar-refractivity contribution is 0.408. The third-order valence-corrected chi connectivity index (χ3v) is 4.07. The molecule has 1 aromatic carbocycles. The van der Waals surface area contributed by atoms with Gasteiger partial charge in [0.05, 0.1) is 7.11 Å². The molecule has 0 radical (unpaired) electrons. The number of ether oxygens (including phenoxy) is 1. The van der Waals surface area contributed by atoms with Gasteiger partial charge in [0.25, 0.3) is 0 Å². The van der Waals surface area contributed by atoms with Crippen LogP contribution < -0.4 is 10.1 Å². The zero-order valence-electron chi connectivity index (χ0n) is 12.1. The second-order valence-corrected chi connectivity index (χ2v) is 7.03. The van der Waals surface area contributed by atoms with E-state index in [1.54, 1.807) is 12.1 Å². The third kappa shape index (κ3) is 5.46. The zero-order chi connectivity index (χ0) is 15.2. The Balaban J connectivity index is 2.79. The molecule has 1 N–H and O–H groups in total. The molecule has 114 valence electrons. The summed E-state index contributed by atoms with van der Waals surface area (Å²) in [5.74, 6) is 0.249. The van der Waals surface area contributed by atoms with Crippen LogP contribution in [0.1, 0.15) is 31.4 Å². The predicted octanol–water partition coefficient (Wildman–Crippen LogP) is 2.31. The SMILES string of the molecule is CCNC(CCCS(C)(=O)=O)c1ccc(OC)cc1F. The highest BCUT2D eigenvalue weighted by Crippen LogP contribution is 2.25. The molecule has 0 aliphatic heterocycles. The lowest BCUT2D eigenvalue weighted by atomic mass is 10.0. The van der Waals surface area contributed by atoms with Crippen LogP contribution in [0.2, 0.25) is 0 Å². The summed E-state index contributed by atoms with van der Waals surface area (Å²) in [5.41, 5.74) is 0.543. The van der Waals surface area contributed by atoms with Crippen LogP contribution in [0.15, 0.2) is 18.2 Å². The molecule has 0 saturated heterocycles. The van der Waals surface area contributed by atoms with Gasteiger partial charge in [-0.2, -0.15) is 0 Å². The van der Waals surface area contributed by atoms with Gasteiger partial charge in [-0.25, -0.2) is 12.8 Å². The summed E-state index contributed by atoms with van der Waals surface area (Å²) in [5, 5.41) is 3.19. The van der Waals surface area contributed by atoms with Gasteiger partial charge in [0, 0.05) is 29.7 Å². The lowest BCUT2D eigenvalue weighted by Gasteiger charge is -2.19. The van der Waals surface area contributed by atoms with E-state index in [4.69, 9.17) is 4.74 Å². The van der Waals surface area contributed by atoms with Crippen LogP contribution in [0, 0.1) is 5.82 Å². The van der Waals surface area contributed by atoms with E-state index in [2.05, 4.69) is 5.32 Å². The van der Waals surface area contributed by atoms with Crippen molar-refractivity contribution in [1.29, 1.82) is 0 Å². The Bertz CT molecular complexity index is 531. The maximum absolute atomic E-state index is 14.0. The van der Waals surface area contributed by atoms with E-state index in [-0.39, 0.29) is 17.6 Å². The van der Waals surface area contributed by atoms with E-state index in [1.165, 1.54) is 19.4 Å². The standard InChI is InChI=1S/C14H22FNO3S/c1-4-16-14(6-5-9-20(3,17)18)12-8-7-11(19-2)10-13(12)15/h7-8,10,14,16H,4-6,9H2,1-3H3. The van der Waals surface area contributed by atoms with Crippen molar-refractivity contribution in [3.8, 4) is 5.75 Å². The number of sulfone groups is 1. The summed E-state index contributed by atoms with van der Waals surface area (Å²) in [4.78, 5) is 0. The molecule has 1 aromatic rings. The molecule has 0 spiro atoms. The fourth-order valence-corrected chi connectivity index (χ4v) is 2.77. The molecule has 0 saturated carbocycles. The van der Waals surface area contributed by atoms with Crippen molar-refractivity contribution < 1.29 is 17.5 Å². The van der Waals surface area contributed by atoms with Crippen molar-refractivity contribution in [2.75, 3.05) is 25.7 Å². The molecule has 6 heteroatoms. The molecule has 4 nitrogen and oxygen atoms in total. The number of nitrogens with one attached hydrogen (secondary N) is 1. The van der Waals surface area contributed by atoms with Gasteiger partial charge in [0.15, 0.2) is 0 Å². The number of hydrogen-bond donors (Lipinski definition) is 1. The number of methoxy groups -OCH3 is 1. The minimum Gasteiger partial charge on any atom is -0.497 e. The number of rotatable bonds is 8. The summed E-state index contributed by atoms with van der Waals surface area (Å²) in [6.07, 6.45) is 2.29. The van der Waals surface area contributed by atoms with Crippen molar-refractivity contribution in [1.82, 2.24) is 5.32 Å². The largest absolute Gasteiger partial charge is 0.497 e. The smallest absolute Gasteiger partial charge is 0.147 e. The molecule has 1 unspecified atom stereocenters. The lowest BCUT2D eigenvalue weighted by Crippen LogP contribution is -2.22. The molecule has 1 atom stereocenters. The van der Waals surface area contributed by atoms with E-state index in [0.717, 1.165) is 0 Å². The monoisotopic (exact) mass is 303 g/mol. The van der Waals surface area contributed by atoms with Crippen LogP contribution in [-0.2, 0) is 9.84 Å². The van der Waals surface area contributed by atoms with Gasteiger partial charge in [-0.1, -0.05) is 13.0 Å². The molecule has 20 heavy (non-hydrogen) atoms. The predicted molar refractivity (Wildman–Crippen MR) is 78.3 cm³/mol.